The van der Waals surface area contributed by atoms with E-state index in [1.807, 2.05) is 48.5 Å². The third kappa shape index (κ3) is 9.35. The lowest BCUT2D eigenvalue weighted by atomic mass is 9.54. The van der Waals surface area contributed by atoms with E-state index in [0.717, 1.165) is 34.4 Å². The first-order valence-electron chi connectivity index (χ1n) is 16.5. The standard InChI is InChI=1S/C36H26F3I4NO12S2/c37-36(38,39)58(51,52)44-33(45)17-13-23(40)31(24(41)14-17)54-10-12-56-35(47)30-28-21-7-3-1-5-19(21)27(20-6-2-4-8-22(20)28)29(30)34(46)55-11-9-53-18-15-25(42)32(26(43)16-18)57(48,49)50/h1-8,13-16,27-30H,9-12H2,(H,44,45)(H,48,49,50)/p-2. The van der Waals surface area contributed by atoms with E-state index in [2.05, 4.69) is 4.40 Å². The first kappa shape index (κ1) is 45.0. The molecule has 2 bridgehead atoms. The van der Waals surface area contributed by atoms with Crippen LogP contribution < -0.4 is 14.6 Å². The minimum Gasteiger partial charge on any atom is -0.858 e. The minimum absolute atomic E-state index is 0.129. The van der Waals surface area contributed by atoms with Crippen LogP contribution in [0.5, 0.6) is 11.5 Å². The van der Waals surface area contributed by atoms with Gasteiger partial charge in [-0.3, -0.25) is 9.59 Å². The number of esters is 2. The summed E-state index contributed by atoms with van der Waals surface area (Å²) in [5.41, 5.74) is -2.72. The maximum absolute atomic E-state index is 14.1. The summed E-state index contributed by atoms with van der Waals surface area (Å²) in [6.45, 7) is -0.857. The Kier molecular flexibility index (Phi) is 13.8. The molecule has 0 heterocycles. The summed E-state index contributed by atoms with van der Waals surface area (Å²) in [7, 11) is -10.8. The second-order valence-electron chi connectivity index (χ2n) is 12.6. The third-order valence-corrected chi connectivity index (χ3v) is 15.1. The summed E-state index contributed by atoms with van der Waals surface area (Å²) in [5.74, 6) is -5.71. The Labute approximate surface area is 383 Å². The molecule has 22 heteroatoms. The maximum Gasteiger partial charge on any atom is 0.518 e. The summed E-state index contributed by atoms with van der Waals surface area (Å²) in [4.78, 5) is 27.8. The van der Waals surface area contributed by atoms with Crippen LogP contribution in [-0.2, 0) is 39.2 Å². The molecule has 4 aromatic carbocycles. The lowest BCUT2D eigenvalue weighted by Gasteiger charge is -2.48. The second kappa shape index (κ2) is 17.8. The van der Waals surface area contributed by atoms with Crippen molar-refractivity contribution in [2.24, 2.45) is 16.2 Å². The van der Waals surface area contributed by atoms with E-state index in [1.54, 1.807) is 90.4 Å². The minimum atomic E-state index is -6.05. The number of benzene rings is 4. The van der Waals surface area contributed by atoms with Crippen LogP contribution >= 0.6 is 90.4 Å². The zero-order chi connectivity index (χ0) is 42.3. The van der Waals surface area contributed by atoms with E-state index >= 15 is 0 Å². The van der Waals surface area contributed by atoms with Crippen molar-refractivity contribution in [3.05, 3.63) is 115 Å². The lowest BCUT2D eigenvalue weighted by molar-refractivity contribution is -0.212. The molecule has 308 valence electrons. The van der Waals surface area contributed by atoms with Gasteiger partial charge in [-0.1, -0.05) is 48.5 Å². The van der Waals surface area contributed by atoms with Crippen LogP contribution in [0.4, 0.5) is 13.2 Å². The third-order valence-electron chi connectivity index (χ3n) is 9.11. The van der Waals surface area contributed by atoms with Crippen molar-refractivity contribution in [2.45, 2.75) is 22.2 Å². The summed E-state index contributed by atoms with van der Waals surface area (Å²) in [5, 5.41) is 12.3. The summed E-state index contributed by atoms with van der Waals surface area (Å²) in [6.07, 6.45) is 0. The Morgan fingerprint density at radius 3 is 1.48 bits per heavy atom. The molecule has 3 aliphatic rings. The quantitative estimate of drug-likeness (QED) is 0.0377. The Bertz CT molecular complexity index is 2460. The number of hydrogen-bond acceptors (Lipinski definition) is 12. The molecule has 3 aliphatic carbocycles. The van der Waals surface area contributed by atoms with Crippen LogP contribution in [0.15, 0.2) is 82.1 Å². The van der Waals surface area contributed by atoms with E-state index in [4.69, 9.17) is 18.9 Å². The topological polar surface area (TPSA) is 198 Å². The van der Waals surface area contributed by atoms with Crippen LogP contribution in [0, 0.1) is 26.1 Å². The Balaban J connectivity index is 1.17. The van der Waals surface area contributed by atoms with Gasteiger partial charge in [-0.25, -0.2) is 8.42 Å². The Hall–Kier alpha value is -2.54. The highest BCUT2D eigenvalue weighted by atomic mass is 127. The van der Waals surface area contributed by atoms with Gasteiger partial charge in [0.2, 0.25) is 0 Å². The number of rotatable bonds is 13. The van der Waals surface area contributed by atoms with Crippen LogP contribution in [-0.4, -0.2) is 71.2 Å². The van der Waals surface area contributed by atoms with Crippen LogP contribution in [0.25, 0.3) is 0 Å². The molecule has 7 rings (SSSR count). The van der Waals surface area contributed by atoms with E-state index in [0.29, 0.717) is 0 Å². The lowest BCUT2D eigenvalue weighted by Crippen LogP contribution is -2.48. The molecule has 0 amide bonds. The highest BCUT2D eigenvalue weighted by Gasteiger charge is 2.56. The smallest absolute Gasteiger partial charge is 0.518 e. The maximum atomic E-state index is 14.1. The number of halogens is 7. The number of sulfonamides is 1. The molecule has 58 heavy (non-hydrogen) atoms. The van der Waals surface area contributed by atoms with Crippen molar-refractivity contribution in [1.82, 2.24) is 0 Å². The number of ether oxygens (including phenoxy) is 4. The molecule has 0 N–H and O–H groups in total. The fourth-order valence-corrected chi connectivity index (χ4v) is 13.3. The SMILES string of the molecule is O=C(OCCOc1cc(I)c(S(=O)(=O)[O-])c(I)c1)C1C2c3ccccc3C(c3ccccc32)C1C(=O)OCCOc1c(I)cc(/C([O-])=N\S(=O)(=O)C(F)(F)F)cc1I. The molecule has 0 saturated heterocycles. The van der Waals surface area contributed by atoms with E-state index in [-0.39, 0.29) is 57.1 Å². The van der Waals surface area contributed by atoms with Crippen molar-refractivity contribution in [1.29, 1.82) is 0 Å². The number of alkyl halides is 3. The molecule has 0 spiro atoms. The first-order chi connectivity index (χ1) is 27.2. The number of nitrogens with zero attached hydrogens (tertiary/aromatic N) is 1. The predicted molar refractivity (Wildman–Crippen MR) is 230 cm³/mol. The highest BCUT2D eigenvalue weighted by Crippen LogP contribution is 2.58. The second-order valence-corrected chi connectivity index (χ2v) is 20.1. The molecular weight excluding hydrogens is 1270 g/mol. The normalized spacial score (nSPS) is 18.9. The van der Waals surface area contributed by atoms with E-state index in [1.165, 1.54) is 12.1 Å². The Morgan fingerprint density at radius 1 is 0.672 bits per heavy atom. The van der Waals surface area contributed by atoms with Crippen molar-refractivity contribution < 1.29 is 68.2 Å². The number of carbonyl (C=O) groups is 2. The summed E-state index contributed by atoms with van der Waals surface area (Å²) < 4.78 is 122. The number of carbonyl (C=O) groups excluding carboxylic acids is 2. The van der Waals surface area contributed by atoms with E-state index in [9.17, 15) is 49.3 Å². The van der Waals surface area contributed by atoms with Gasteiger partial charge >= 0.3 is 27.5 Å². The van der Waals surface area contributed by atoms with Crippen molar-refractivity contribution in [3.8, 4) is 11.5 Å². The largest absolute Gasteiger partial charge is 0.858 e. The molecule has 0 radical (unpaired) electrons. The molecule has 0 saturated carbocycles. The predicted octanol–water partition coefficient (Wildman–Crippen LogP) is 6.03. The summed E-state index contributed by atoms with van der Waals surface area (Å²) >= 11 is 6.94. The van der Waals surface area contributed by atoms with Gasteiger partial charge in [-0.05, 0) is 142 Å². The van der Waals surface area contributed by atoms with Crippen molar-refractivity contribution >= 4 is 128 Å². The van der Waals surface area contributed by atoms with E-state index < -0.39 is 72.7 Å². The van der Waals surface area contributed by atoms with Gasteiger partial charge in [0.15, 0.2) is 0 Å². The Morgan fingerprint density at radius 2 is 1.09 bits per heavy atom. The average molecular weight is 1290 g/mol. The molecule has 2 unspecified atom stereocenters. The van der Waals surface area contributed by atoms with Gasteiger partial charge in [0.25, 0.3) is 0 Å². The van der Waals surface area contributed by atoms with Gasteiger partial charge in [-0.15, -0.1) is 0 Å². The first-order valence-corrected chi connectivity index (χ1v) is 23.7. The summed E-state index contributed by atoms with van der Waals surface area (Å²) in [6, 6.07) is 20.0. The molecule has 2 atom stereocenters. The molecule has 0 aliphatic heterocycles. The zero-order valence-corrected chi connectivity index (χ0v) is 39.1. The molecule has 4 aromatic rings. The van der Waals surface area contributed by atoms with Crippen molar-refractivity contribution in [3.63, 3.8) is 0 Å². The van der Waals surface area contributed by atoms with Crippen LogP contribution in [0.3, 0.4) is 0 Å². The van der Waals surface area contributed by atoms with Crippen molar-refractivity contribution in [2.75, 3.05) is 26.4 Å². The average Bonchev–Trinajstić information content (AvgIpc) is 3.13. The van der Waals surface area contributed by atoms with Gasteiger partial charge in [0, 0.05) is 24.9 Å². The number of fused-ring (bicyclic) bond motifs is 1. The van der Waals surface area contributed by atoms with Crippen LogP contribution in [0.1, 0.15) is 39.7 Å². The highest BCUT2D eigenvalue weighted by molar-refractivity contribution is 14.1. The molecule has 0 fully saturated rings. The van der Waals surface area contributed by atoms with Gasteiger partial charge < -0.3 is 28.6 Å². The van der Waals surface area contributed by atoms with Gasteiger partial charge in [0.1, 0.15) is 48.0 Å². The van der Waals surface area contributed by atoms with Gasteiger partial charge in [-0.2, -0.15) is 26.0 Å². The molecular formula is C36H24F3I4NO12S2-2. The monoisotopic (exact) mass is 1290 g/mol. The van der Waals surface area contributed by atoms with Crippen LogP contribution in [0.2, 0.25) is 0 Å². The number of hydrogen-bond donors (Lipinski definition) is 0. The van der Waals surface area contributed by atoms with Gasteiger partial charge in [0.05, 0.1) is 23.9 Å². The molecule has 0 aromatic heterocycles. The zero-order valence-electron chi connectivity index (χ0n) is 28.9. The molecule has 13 nitrogen and oxygen atoms in total. The fourth-order valence-electron chi connectivity index (χ4n) is 6.92. The fraction of sp³-hybridized carbons (Fsp3) is 0.250.